The number of carbonyl (C=O) groups is 1. The van der Waals surface area contributed by atoms with Gasteiger partial charge in [0.25, 0.3) is 0 Å². The Bertz CT molecular complexity index is 1070. The molecule has 3 rings (SSSR count). The van der Waals surface area contributed by atoms with Crippen molar-refractivity contribution in [2.75, 3.05) is 26.7 Å². The number of aliphatic hydroxyl groups is 2. The van der Waals surface area contributed by atoms with Gasteiger partial charge in [-0.2, -0.15) is 4.31 Å². The minimum atomic E-state index is -3.95. The van der Waals surface area contributed by atoms with Crippen LogP contribution in [0.4, 0.5) is 0 Å². The number of nitrogens with zero attached hydrogens (tertiary/aromatic N) is 2. The number of amides is 1. The molecule has 1 heterocycles. The van der Waals surface area contributed by atoms with E-state index < -0.39 is 27.8 Å². The Morgan fingerprint density at radius 1 is 1.35 bits per heavy atom. The van der Waals surface area contributed by atoms with Crippen LogP contribution in [0.1, 0.15) is 52.5 Å². The molecule has 1 aromatic rings. The molecule has 0 spiro atoms. The van der Waals surface area contributed by atoms with E-state index in [1.54, 1.807) is 44.9 Å². The van der Waals surface area contributed by atoms with E-state index >= 15 is 0 Å². The molecular weight excluding hydrogens is 456 g/mol. The normalized spacial score (nSPS) is 23.7. The second-order valence-corrected chi connectivity index (χ2v) is 11.9. The highest BCUT2D eigenvalue weighted by molar-refractivity contribution is 7.89. The molecule has 0 radical (unpaired) electrons. The molecule has 1 amide bonds. The van der Waals surface area contributed by atoms with Crippen molar-refractivity contribution < 1.29 is 28.2 Å². The van der Waals surface area contributed by atoms with Crippen LogP contribution >= 0.6 is 0 Å². The van der Waals surface area contributed by atoms with Crippen LogP contribution in [0.2, 0.25) is 0 Å². The van der Waals surface area contributed by atoms with Crippen LogP contribution in [-0.4, -0.2) is 78.2 Å². The third kappa shape index (κ3) is 5.92. The van der Waals surface area contributed by atoms with Gasteiger partial charge in [-0.3, -0.25) is 4.79 Å². The Morgan fingerprint density at radius 2 is 2.03 bits per heavy atom. The Kier molecular flexibility index (Phi) is 7.98. The number of hydrogen-bond acceptors (Lipinski definition) is 6. The van der Waals surface area contributed by atoms with E-state index in [-0.39, 0.29) is 41.5 Å². The number of benzene rings is 1. The van der Waals surface area contributed by atoms with Gasteiger partial charge in [0.2, 0.25) is 15.9 Å². The predicted molar refractivity (Wildman–Crippen MR) is 129 cm³/mol. The van der Waals surface area contributed by atoms with Gasteiger partial charge in [0.1, 0.15) is 22.4 Å². The average Bonchev–Trinajstić information content (AvgIpc) is 2.72. The Labute approximate surface area is 202 Å². The lowest BCUT2D eigenvalue weighted by Crippen LogP contribution is -2.50. The molecule has 188 valence electrons. The predicted octanol–water partition coefficient (Wildman–Crippen LogP) is 1.84. The van der Waals surface area contributed by atoms with Gasteiger partial charge in [0.15, 0.2) is 0 Å². The van der Waals surface area contributed by atoms with Crippen LogP contribution in [0, 0.1) is 23.7 Å². The first-order valence-electron chi connectivity index (χ1n) is 11.8. The number of aliphatic hydroxyl groups excluding tert-OH is 1. The van der Waals surface area contributed by atoms with Crippen LogP contribution in [0.3, 0.4) is 0 Å². The fourth-order valence-electron chi connectivity index (χ4n) is 4.07. The van der Waals surface area contributed by atoms with Crippen molar-refractivity contribution in [2.24, 2.45) is 11.8 Å². The van der Waals surface area contributed by atoms with Crippen molar-refractivity contribution in [3.05, 3.63) is 23.8 Å². The van der Waals surface area contributed by atoms with Gasteiger partial charge in [-0.25, -0.2) is 8.42 Å². The number of fused-ring (bicyclic) bond motifs is 1. The molecule has 3 atom stereocenters. The van der Waals surface area contributed by atoms with E-state index in [1.165, 1.54) is 10.4 Å². The van der Waals surface area contributed by atoms with Gasteiger partial charge in [-0.05, 0) is 51.8 Å². The van der Waals surface area contributed by atoms with Gasteiger partial charge >= 0.3 is 0 Å². The highest BCUT2D eigenvalue weighted by Gasteiger charge is 2.39. The Morgan fingerprint density at radius 3 is 2.59 bits per heavy atom. The number of carbonyl (C=O) groups excluding carboxylic acids is 1. The number of hydrogen-bond donors (Lipinski definition) is 2. The fraction of sp³-hybridized carbons (Fsp3) is 0.640. The molecule has 9 heteroatoms. The van der Waals surface area contributed by atoms with Crippen LogP contribution in [0.25, 0.3) is 0 Å². The molecule has 0 unspecified atom stereocenters. The lowest BCUT2D eigenvalue weighted by molar-refractivity contribution is -0.138. The monoisotopic (exact) mass is 492 g/mol. The Hall–Kier alpha value is -2.12. The zero-order valence-corrected chi connectivity index (χ0v) is 21.4. The molecule has 1 aliphatic carbocycles. The molecule has 0 bridgehead atoms. The number of rotatable bonds is 5. The second kappa shape index (κ2) is 10.2. The van der Waals surface area contributed by atoms with Gasteiger partial charge in [-0.15, -0.1) is 0 Å². The van der Waals surface area contributed by atoms with Crippen molar-refractivity contribution in [1.82, 2.24) is 9.21 Å². The summed E-state index contributed by atoms with van der Waals surface area (Å²) < 4.78 is 34.6. The van der Waals surface area contributed by atoms with Gasteiger partial charge in [-0.1, -0.05) is 25.2 Å². The lowest BCUT2D eigenvalue weighted by atomic mass is 9.84. The van der Waals surface area contributed by atoms with E-state index in [0.717, 1.165) is 19.3 Å². The first kappa shape index (κ1) is 26.5. The summed E-state index contributed by atoms with van der Waals surface area (Å²) in [6.07, 6.45) is 2.40. The molecule has 2 N–H and O–H groups in total. The summed E-state index contributed by atoms with van der Waals surface area (Å²) in [5.41, 5.74) is -0.699. The number of likely N-dealkylation sites (N-methyl/N-ethyl adjacent to an activating group) is 1. The van der Waals surface area contributed by atoms with Crippen molar-refractivity contribution in [3.63, 3.8) is 0 Å². The average molecular weight is 493 g/mol. The highest BCUT2D eigenvalue weighted by atomic mass is 32.2. The Balaban J connectivity index is 2.02. The van der Waals surface area contributed by atoms with Crippen molar-refractivity contribution in [3.8, 4) is 17.6 Å². The quantitative estimate of drug-likeness (QED) is 0.608. The van der Waals surface area contributed by atoms with Gasteiger partial charge in [0, 0.05) is 37.0 Å². The molecule has 0 aromatic heterocycles. The summed E-state index contributed by atoms with van der Waals surface area (Å²) in [6.45, 7) is 6.84. The smallest absolute Gasteiger partial charge is 0.247 e. The minimum absolute atomic E-state index is 0.00789. The summed E-state index contributed by atoms with van der Waals surface area (Å²) in [5, 5.41) is 19.7. The van der Waals surface area contributed by atoms with Gasteiger partial charge in [0.05, 0.1) is 13.2 Å². The summed E-state index contributed by atoms with van der Waals surface area (Å²) in [6, 6.07) is 3.97. The second-order valence-electron chi connectivity index (χ2n) is 10.1. The standard InChI is InChI=1S/C25H36N2O6S/c1-17-14-27(18(2)16-28)34(31,32)23-10-9-19(11-12-25(3,4)30)13-21(23)33-22(17)15-26(5)24(29)20-7-6-8-20/h9-10,13,17-18,20,22,28,30H,6-8,14-16H2,1-5H3/t17-,18+,22-/m0/s1. The van der Waals surface area contributed by atoms with Crippen LogP contribution in [0.15, 0.2) is 23.1 Å². The number of ether oxygens (including phenoxy) is 1. The molecule has 0 saturated heterocycles. The summed E-state index contributed by atoms with van der Waals surface area (Å²) >= 11 is 0. The van der Waals surface area contributed by atoms with Crippen molar-refractivity contribution >= 4 is 15.9 Å². The largest absolute Gasteiger partial charge is 0.487 e. The molecular formula is C25H36N2O6S. The molecule has 1 saturated carbocycles. The van der Waals surface area contributed by atoms with E-state index in [1.807, 2.05) is 6.92 Å². The SMILES string of the molecule is C[C@H](CO)N1C[C@H](C)[C@H](CN(C)C(=O)C2CCC2)Oc2cc(C#CC(C)(C)O)ccc2S1(=O)=O. The third-order valence-electron chi connectivity index (χ3n) is 6.46. The maximum Gasteiger partial charge on any atom is 0.247 e. The molecule has 8 nitrogen and oxygen atoms in total. The highest BCUT2D eigenvalue weighted by Crippen LogP contribution is 2.35. The van der Waals surface area contributed by atoms with E-state index in [9.17, 15) is 23.4 Å². The van der Waals surface area contributed by atoms with Crippen LogP contribution in [-0.2, 0) is 14.8 Å². The third-order valence-corrected chi connectivity index (χ3v) is 8.48. The maximum absolute atomic E-state index is 13.5. The molecule has 34 heavy (non-hydrogen) atoms. The molecule has 2 aliphatic rings. The van der Waals surface area contributed by atoms with Crippen molar-refractivity contribution in [1.29, 1.82) is 0 Å². The molecule has 1 aromatic carbocycles. The minimum Gasteiger partial charge on any atom is -0.487 e. The fourth-order valence-corrected chi connectivity index (χ4v) is 5.90. The van der Waals surface area contributed by atoms with Crippen LogP contribution in [0.5, 0.6) is 5.75 Å². The zero-order chi connectivity index (χ0) is 25.3. The first-order valence-corrected chi connectivity index (χ1v) is 13.2. The van der Waals surface area contributed by atoms with E-state index in [0.29, 0.717) is 12.1 Å². The van der Waals surface area contributed by atoms with E-state index in [4.69, 9.17) is 4.74 Å². The lowest BCUT2D eigenvalue weighted by Gasteiger charge is -2.38. The van der Waals surface area contributed by atoms with Crippen LogP contribution < -0.4 is 4.74 Å². The molecule has 1 aliphatic heterocycles. The van der Waals surface area contributed by atoms with E-state index in [2.05, 4.69) is 11.8 Å². The number of sulfonamides is 1. The zero-order valence-electron chi connectivity index (χ0n) is 20.6. The summed E-state index contributed by atoms with van der Waals surface area (Å²) in [4.78, 5) is 14.4. The first-order chi connectivity index (χ1) is 15.8. The topological polar surface area (TPSA) is 107 Å². The summed E-state index contributed by atoms with van der Waals surface area (Å²) in [5.74, 6) is 5.63. The maximum atomic E-state index is 13.5. The molecule has 1 fully saturated rings. The van der Waals surface area contributed by atoms with Gasteiger partial charge < -0.3 is 19.8 Å². The summed E-state index contributed by atoms with van der Waals surface area (Å²) in [7, 11) is -2.20. The van der Waals surface area contributed by atoms with Crippen molar-refractivity contribution in [2.45, 2.75) is 69.6 Å².